The Labute approximate surface area is 203 Å². The normalized spacial score (nSPS) is 14.2. The van der Waals surface area contributed by atoms with Crippen LogP contribution in [0.15, 0.2) is 86.3 Å². The molecule has 2 heterocycles. The summed E-state index contributed by atoms with van der Waals surface area (Å²) in [6.45, 7) is 7.45. The van der Waals surface area contributed by atoms with Crippen molar-refractivity contribution in [3.8, 4) is 11.3 Å². The van der Waals surface area contributed by atoms with Gasteiger partial charge in [-0.05, 0) is 45.4 Å². The summed E-state index contributed by atoms with van der Waals surface area (Å²) in [7, 11) is 0. The zero-order valence-electron chi connectivity index (χ0n) is 20.1. The average molecular weight is 474 g/mol. The van der Waals surface area contributed by atoms with Crippen molar-refractivity contribution in [1.29, 1.82) is 0 Å². The van der Waals surface area contributed by atoms with Gasteiger partial charge in [-0.2, -0.15) is 0 Å². The Morgan fingerprint density at radius 1 is 0.886 bits per heavy atom. The third-order valence-corrected chi connectivity index (χ3v) is 5.91. The van der Waals surface area contributed by atoms with Crippen LogP contribution in [-0.4, -0.2) is 25.2 Å². The average Bonchev–Trinajstić information content (AvgIpc) is 2.84. The molecule has 1 aromatic heterocycles. The van der Waals surface area contributed by atoms with Gasteiger partial charge in [-0.15, -0.1) is 0 Å². The van der Waals surface area contributed by atoms with Crippen molar-refractivity contribution < 1.29 is 23.5 Å². The number of rotatable bonds is 6. The summed E-state index contributed by atoms with van der Waals surface area (Å²) in [5.74, 6) is -1.24. The van der Waals surface area contributed by atoms with Gasteiger partial charge in [0, 0.05) is 23.0 Å². The van der Waals surface area contributed by atoms with Crippen LogP contribution in [0.5, 0.6) is 0 Å². The molecule has 0 bridgehead atoms. The van der Waals surface area contributed by atoms with Gasteiger partial charge in [-0.3, -0.25) is 4.79 Å². The van der Waals surface area contributed by atoms with E-state index in [9.17, 15) is 14.4 Å². The number of hydrogen-bond donors (Lipinski definition) is 1. The number of allylic oxidation sites excluding steroid dienone is 2. The maximum Gasteiger partial charge on any atom is 0.336 e. The standard InChI is InChI=1S/C28H27NO6/c1-5-33-27(31)24-16(3)29-17(4)25(28(32)34-6-2)26(24)19-13-11-18(12-14-19)23-15-21(30)20-9-7-8-10-22(20)35-23/h7-15,26,29H,5-6H2,1-4H3. The van der Waals surface area contributed by atoms with Gasteiger partial charge in [0.2, 0.25) is 0 Å². The van der Waals surface area contributed by atoms with E-state index in [-0.39, 0.29) is 18.6 Å². The lowest BCUT2D eigenvalue weighted by Gasteiger charge is -2.30. The minimum atomic E-state index is -0.674. The van der Waals surface area contributed by atoms with Crippen LogP contribution in [0.4, 0.5) is 0 Å². The quantitative estimate of drug-likeness (QED) is 0.513. The fourth-order valence-electron chi connectivity index (χ4n) is 4.37. The van der Waals surface area contributed by atoms with Crippen molar-refractivity contribution >= 4 is 22.9 Å². The first kappa shape index (κ1) is 24.0. The summed E-state index contributed by atoms with van der Waals surface area (Å²) in [6, 6.07) is 15.8. The number of ether oxygens (including phenoxy) is 2. The molecular formula is C28H27NO6. The van der Waals surface area contributed by atoms with Gasteiger partial charge in [0.25, 0.3) is 0 Å². The molecule has 4 rings (SSSR count). The van der Waals surface area contributed by atoms with E-state index < -0.39 is 17.9 Å². The van der Waals surface area contributed by atoms with Gasteiger partial charge in [0.15, 0.2) is 5.43 Å². The van der Waals surface area contributed by atoms with Crippen molar-refractivity contribution in [2.45, 2.75) is 33.6 Å². The maximum absolute atomic E-state index is 12.9. The molecule has 0 spiro atoms. The smallest absolute Gasteiger partial charge is 0.336 e. The van der Waals surface area contributed by atoms with E-state index in [1.54, 1.807) is 58.0 Å². The summed E-state index contributed by atoms with van der Waals surface area (Å²) in [5, 5.41) is 3.64. The number of dihydropyridines is 1. The largest absolute Gasteiger partial charge is 0.463 e. The molecule has 0 atom stereocenters. The van der Waals surface area contributed by atoms with E-state index in [1.165, 1.54) is 6.07 Å². The van der Waals surface area contributed by atoms with Gasteiger partial charge in [-0.25, -0.2) is 9.59 Å². The second-order valence-corrected chi connectivity index (χ2v) is 8.17. The van der Waals surface area contributed by atoms with Crippen molar-refractivity contribution in [3.05, 3.63) is 92.9 Å². The molecule has 7 heteroatoms. The minimum absolute atomic E-state index is 0.129. The molecular weight excluding hydrogens is 446 g/mol. The Bertz CT molecular complexity index is 1370. The Kier molecular flexibility index (Phi) is 6.87. The SMILES string of the molecule is CCOC(=O)C1=C(C)NC(C)=C(C(=O)OCC)C1c1ccc(-c2cc(=O)c3ccccc3o2)cc1. The zero-order valence-corrected chi connectivity index (χ0v) is 20.1. The first-order valence-corrected chi connectivity index (χ1v) is 11.5. The second-order valence-electron chi connectivity index (χ2n) is 8.17. The van der Waals surface area contributed by atoms with Crippen LogP contribution in [0.3, 0.4) is 0 Å². The number of carbonyl (C=O) groups excluding carboxylic acids is 2. The topological polar surface area (TPSA) is 94.8 Å². The number of para-hydroxylation sites is 1. The second kappa shape index (κ2) is 10.0. The highest BCUT2D eigenvalue weighted by Crippen LogP contribution is 2.40. The fraction of sp³-hybridized carbons (Fsp3) is 0.250. The predicted octanol–water partition coefficient (Wildman–Crippen LogP) is 4.82. The summed E-state index contributed by atoms with van der Waals surface area (Å²) in [5.41, 5.74) is 3.72. The van der Waals surface area contributed by atoms with Crippen LogP contribution < -0.4 is 10.7 Å². The molecule has 0 unspecified atom stereocenters. The summed E-state index contributed by atoms with van der Waals surface area (Å²) in [6.07, 6.45) is 0. The van der Waals surface area contributed by atoms with Crippen molar-refractivity contribution in [2.75, 3.05) is 13.2 Å². The van der Waals surface area contributed by atoms with E-state index in [4.69, 9.17) is 13.9 Å². The Hall–Kier alpha value is -4.13. The minimum Gasteiger partial charge on any atom is -0.463 e. The van der Waals surface area contributed by atoms with Crippen molar-refractivity contribution in [1.82, 2.24) is 5.32 Å². The monoisotopic (exact) mass is 473 g/mol. The van der Waals surface area contributed by atoms with Crippen LogP contribution in [0.1, 0.15) is 39.2 Å². The van der Waals surface area contributed by atoms with Crippen LogP contribution in [-0.2, 0) is 19.1 Å². The number of fused-ring (bicyclic) bond motifs is 1. The highest BCUT2D eigenvalue weighted by molar-refractivity contribution is 6.00. The third-order valence-electron chi connectivity index (χ3n) is 5.91. The van der Waals surface area contributed by atoms with Gasteiger partial charge in [0.1, 0.15) is 11.3 Å². The van der Waals surface area contributed by atoms with Gasteiger partial charge in [-0.1, -0.05) is 36.4 Å². The molecule has 1 aliphatic heterocycles. The van der Waals surface area contributed by atoms with E-state index >= 15 is 0 Å². The third kappa shape index (κ3) is 4.62. The van der Waals surface area contributed by atoms with E-state index in [0.29, 0.717) is 50.4 Å². The molecule has 1 aliphatic rings. The molecule has 0 fully saturated rings. The molecule has 0 amide bonds. The fourth-order valence-corrected chi connectivity index (χ4v) is 4.37. The lowest BCUT2D eigenvalue weighted by atomic mass is 9.80. The van der Waals surface area contributed by atoms with Crippen LogP contribution in [0.2, 0.25) is 0 Å². The lowest BCUT2D eigenvalue weighted by molar-refractivity contribution is -0.139. The molecule has 2 aromatic carbocycles. The molecule has 1 N–H and O–H groups in total. The van der Waals surface area contributed by atoms with Crippen molar-refractivity contribution in [2.24, 2.45) is 0 Å². The van der Waals surface area contributed by atoms with E-state index in [2.05, 4.69) is 5.32 Å². The first-order chi connectivity index (χ1) is 16.8. The van der Waals surface area contributed by atoms with E-state index in [0.717, 1.165) is 0 Å². The molecule has 7 nitrogen and oxygen atoms in total. The van der Waals surface area contributed by atoms with Gasteiger partial charge >= 0.3 is 11.9 Å². The number of benzene rings is 2. The molecule has 0 aliphatic carbocycles. The molecule has 0 saturated carbocycles. The number of hydrogen-bond acceptors (Lipinski definition) is 7. The first-order valence-electron chi connectivity index (χ1n) is 11.5. The van der Waals surface area contributed by atoms with E-state index in [1.807, 2.05) is 18.2 Å². The number of esters is 2. The van der Waals surface area contributed by atoms with Crippen molar-refractivity contribution in [3.63, 3.8) is 0 Å². The van der Waals surface area contributed by atoms with Gasteiger partial charge < -0.3 is 19.2 Å². The number of carbonyl (C=O) groups is 2. The summed E-state index contributed by atoms with van der Waals surface area (Å²) >= 11 is 0. The maximum atomic E-state index is 12.9. The Morgan fingerprint density at radius 2 is 1.46 bits per heavy atom. The summed E-state index contributed by atoms with van der Waals surface area (Å²) in [4.78, 5) is 38.4. The highest BCUT2D eigenvalue weighted by Gasteiger charge is 2.37. The van der Waals surface area contributed by atoms with Crippen LogP contribution in [0, 0.1) is 0 Å². The lowest BCUT2D eigenvalue weighted by Crippen LogP contribution is -2.32. The zero-order chi connectivity index (χ0) is 25.1. The number of nitrogens with one attached hydrogen (secondary N) is 1. The molecule has 0 saturated heterocycles. The summed E-state index contributed by atoms with van der Waals surface area (Å²) < 4.78 is 16.6. The van der Waals surface area contributed by atoms with Crippen LogP contribution >= 0.6 is 0 Å². The van der Waals surface area contributed by atoms with Crippen LogP contribution in [0.25, 0.3) is 22.3 Å². The van der Waals surface area contributed by atoms with Gasteiger partial charge in [0.05, 0.1) is 35.7 Å². The molecule has 35 heavy (non-hydrogen) atoms. The highest BCUT2D eigenvalue weighted by atomic mass is 16.5. The predicted molar refractivity (Wildman–Crippen MR) is 132 cm³/mol. The molecule has 3 aromatic rings. The molecule has 0 radical (unpaired) electrons. The Morgan fingerprint density at radius 3 is 2.03 bits per heavy atom. The Balaban J connectivity index is 1.80. The molecule has 180 valence electrons.